The van der Waals surface area contributed by atoms with Gasteiger partial charge in [0.05, 0.1) is 34.5 Å². The van der Waals surface area contributed by atoms with E-state index in [0.29, 0.717) is 15.6 Å². The first-order chi connectivity index (χ1) is 20.5. The lowest BCUT2D eigenvalue weighted by Gasteiger charge is -2.05. The van der Waals surface area contributed by atoms with Crippen LogP contribution in [0.15, 0.2) is 53.4 Å². The Morgan fingerprint density at radius 3 is 1.55 bits per heavy atom. The van der Waals surface area contributed by atoms with E-state index in [2.05, 4.69) is 45.8 Å². The summed E-state index contributed by atoms with van der Waals surface area (Å²) in [5.74, 6) is -1.11. The molecular formula is C26H14BrClF8N8. The van der Waals surface area contributed by atoms with Crippen LogP contribution < -0.4 is 0 Å². The van der Waals surface area contributed by atoms with Crippen molar-refractivity contribution >= 4 is 49.6 Å². The number of nitrogens with zero attached hydrogens (tertiary/aromatic N) is 8. The van der Waals surface area contributed by atoms with Crippen LogP contribution in [0, 0.1) is 11.6 Å². The summed E-state index contributed by atoms with van der Waals surface area (Å²) in [6, 6.07) is 6.64. The number of hydrogen-bond donors (Lipinski definition) is 0. The van der Waals surface area contributed by atoms with Crippen LogP contribution in [-0.2, 0) is 26.4 Å². The molecule has 228 valence electrons. The van der Waals surface area contributed by atoms with E-state index in [1.165, 1.54) is 34.4 Å². The van der Waals surface area contributed by atoms with E-state index in [-0.39, 0.29) is 39.2 Å². The average Bonchev–Trinajstić information content (AvgIpc) is 3.46. The number of imidazole rings is 2. The number of aromatic nitrogens is 8. The second-order valence-electron chi connectivity index (χ2n) is 9.03. The van der Waals surface area contributed by atoms with Crippen LogP contribution >= 0.6 is 27.5 Å². The van der Waals surface area contributed by atoms with E-state index in [1.807, 2.05) is 0 Å². The zero-order valence-electron chi connectivity index (χ0n) is 22.0. The highest BCUT2D eigenvalue weighted by molar-refractivity contribution is 9.10. The molecule has 0 fully saturated rings. The smallest absolute Gasteiger partial charge is 0.324 e. The summed E-state index contributed by atoms with van der Waals surface area (Å²) in [7, 11) is 3.09. The molecule has 0 bridgehead atoms. The quantitative estimate of drug-likeness (QED) is 0.135. The minimum absolute atomic E-state index is 0.0426. The van der Waals surface area contributed by atoms with Crippen molar-refractivity contribution in [1.82, 2.24) is 39.0 Å². The molecule has 44 heavy (non-hydrogen) atoms. The van der Waals surface area contributed by atoms with Gasteiger partial charge in [-0.05, 0) is 52.3 Å². The van der Waals surface area contributed by atoms with Gasteiger partial charge in [0.25, 0.3) is 0 Å². The molecule has 0 aromatic carbocycles. The van der Waals surface area contributed by atoms with Crippen LogP contribution in [0.1, 0.15) is 11.4 Å². The number of alkyl halides is 6. The molecule has 0 spiro atoms. The summed E-state index contributed by atoms with van der Waals surface area (Å²) >= 11 is 8.85. The van der Waals surface area contributed by atoms with E-state index in [9.17, 15) is 35.1 Å². The monoisotopic (exact) mass is 704 g/mol. The fourth-order valence-corrected chi connectivity index (χ4v) is 4.52. The highest BCUT2D eigenvalue weighted by Crippen LogP contribution is 2.33. The van der Waals surface area contributed by atoms with E-state index < -0.39 is 35.4 Å². The third-order valence-electron chi connectivity index (χ3n) is 6.16. The Kier molecular flexibility index (Phi) is 8.04. The topological polar surface area (TPSA) is 87.2 Å². The zero-order chi connectivity index (χ0) is 32.1. The third kappa shape index (κ3) is 6.06. The molecule has 0 radical (unpaired) electrons. The van der Waals surface area contributed by atoms with Gasteiger partial charge in [-0.1, -0.05) is 11.6 Å². The van der Waals surface area contributed by atoms with Crippen molar-refractivity contribution < 1.29 is 35.1 Å². The Morgan fingerprint density at radius 2 is 1.09 bits per heavy atom. The largest absolute Gasteiger partial charge is 0.433 e. The number of rotatable bonds is 2. The van der Waals surface area contributed by atoms with Crippen LogP contribution in [0.3, 0.4) is 0 Å². The number of halogens is 10. The molecule has 6 rings (SSSR count). The normalized spacial score (nSPS) is 12.1. The highest BCUT2D eigenvalue weighted by Gasteiger charge is 2.34. The van der Waals surface area contributed by atoms with Gasteiger partial charge in [-0.3, -0.25) is 0 Å². The SMILES string of the molecule is Cn1c(-c2nc(Br)ccc2F)nc2cc(C(F)(F)F)ncc21.Cn1c(-c2nc(Cl)ccc2F)nc2cc(C(F)(F)F)ncc21. The van der Waals surface area contributed by atoms with Crippen molar-refractivity contribution in [2.75, 3.05) is 0 Å². The Labute approximate surface area is 254 Å². The number of aryl methyl sites for hydroxylation is 2. The van der Waals surface area contributed by atoms with Gasteiger partial charge in [-0.2, -0.15) is 26.3 Å². The molecule has 0 aliphatic carbocycles. The van der Waals surface area contributed by atoms with Gasteiger partial charge < -0.3 is 9.13 Å². The lowest BCUT2D eigenvalue weighted by Crippen LogP contribution is -2.07. The molecule has 0 amide bonds. The van der Waals surface area contributed by atoms with Crippen molar-refractivity contribution in [1.29, 1.82) is 0 Å². The van der Waals surface area contributed by atoms with E-state index in [4.69, 9.17) is 11.6 Å². The number of pyridine rings is 4. The summed E-state index contributed by atoms with van der Waals surface area (Å²) in [6.45, 7) is 0. The summed E-state index contributed by atoms with van der Waals surface area (Å²) in [4.78, 5) is 22.6. The Hall–Kier alpha value is -4.25. The molecule has 18 heteroatoms. The number of fused-ring (bicyclic) bond motifs is 2. The lowest BCUT2D eigenvalue weighted by molar-refractivity contribution is -0.141. The standard InChI is InChI=1S/C13H7BrF4N4.C13H7ClF4N4/c2*1-22-8-5-19-9(13(16,17)18)4-7(8)20-12(22)11-6(15)2-3-10(14)21-11/h2*2-5H,1H3. The van der Waals surface area contributed by atoms with E-state index >= 15 is 0 Å². The third-order valence-corrected chi connectivity index (χ3v) is 6.82. The van der Waals surface area contributed by atoms with Gasteiger partial charge in [0.2, 0.25) is 0 Å². The predicted molar refractivity (Wildman–Crippen MR) is 146 cm³/mol. The Bertz CT molecular complexity index is 1890. The molecule has 8 nitrogen and oxygen atoms in total. The van der Waals surface area contributed by atoms with Crippen molar-refractivity contribution in [2.45, 2.75) is 12.4 Å². The summed E-state index contributed by atoms with van der Waals surface area (Å²) < 4.78 is 107. The molecule has 0 N–H and O–H groups in total. The molecule has 0 atom stereocenters. The van der Waals surface area contributed by atoms with Crippen LogP contribution in [0.5, 0.6) is 0 Å². The maximum absolute atomic E-state index is 13.9. The van der Waals surface area contributed by atoms with Crippen LogP contribution in [-0.4, -0.2) is 39.0 Å². The maximum atomic E-state index is 13.9. The Balaban J connectivity index is 0.000000175. The van der Waals surface area contributed by atoms with Gasteiger partial charge in [0, 0.05) is 14.1 Å². The molecule has 0 saturated carbocycles. The number of hydrogen-bond acceptors (Lipinski definition) is 6. The first kappa shape index (κ1) is 31.2. The van der Waals surface area contributed by atoms with Crippen molar-refractivity contribution in [3.63, 3.8) is 0 Å². The highest BCUT2D eigenvalue weighted by atomic mass is 79.9. The summed E-state index contributed by atoms with van der Waals surface area (Å²) in [5, 5.41) is 0.0533. The first-order valence-electron chi connectivity index (χ1n) is 12.0. The molecular weight excluding hydrogens is 692 g/mol. The van der Waals surface area contributed by atoms with Gasteiger partial charge in [0.1, 0.15) is 32.5 Å². The summed E-state index contributed by atoms with van der Waals surface area (Å²) in [6.07, 6.45) is -7.04. The Morgan fingerprint density at radius 1 is 0.659 bits per heavy atom. The van der Waals surface area contributed by atoms with Crippen LogP contribution in [0.25, 0.3) is 45.1 Å². The summed E-state index contributed by atoms with van der Waals surface area (Å²) in [5.41, 5.74) is -1.52. The fourth-order valence-electron chi connectivity index (χ4n) is 4.06. The van der Waals surface area contributed by atoms with E-state index in [0.717, 1.165) is 30.6 Å². The van der Waals surface area contributed by atoms with Crippen LogP contribution in [0.2, 0.25) is 5.15 Å². The van der Waals surface area contributed by atoms with Crippen molar-refractivity contribution in [3.8, 4) is 23.0 Å². The van der Waals surface area contributed by atoms with Gasteiger partial charge in [-0.15, -0.1) is 0 Å². The van der Waals surface area contributed by atoms with Crippen molar-refractivity contribution in [2.24, 2.45) is 14.1 Å². The molecule has 0 aliphatic rings. The molecule has 0 unspecified atom stereocenters. The minimum Gasteiger partial charge on any atom is -0.324 e. The maximum Gasteiger partial charge on any atom is 0.433 e. The van der Waals surface area contributed by atoms with Crippen LogP contribution in [0.4, 0.5) is 35.1 Å². The zero-order valence-corrected chi connectivity index (χ0v) is 24.3. The first-order valence-corrected chi connectivity index (χ1v) is 13.2. The van der Waals surface area contributed by atoms with Crippen molar-refractivity contribution in [3.05, 3.63) is 81.6 Å². The predicted octanol–water partition coefficient (Wildman–Crippen LogP) is 7.79. The fraction of sp³-hybridized carbons (Fsp3) is 0.154. The molecule has 6 aromatic heterocycles. The second-order valence-corrected chi connectivity index (χ2v) is 10.2. The lowest BCUT2D eigenvalue weighted by atomic mass is 10.3. The molecule has 6 heterocycles. The molecule has 0 saturated heterocycles. The van der Waals surface area contributed by atoms with E-state index in [1.54, 1.807) is 7.05 Å². The molecule has 6 aromatic rings. The van der Waals surface area contributed by atoms with Gasteiger partial charge in [0.15, 0.2) is 23.3 Å². The second kappa shape index (κ2) is 11.4. The molecule has 0 aliphatic heterocycles. The minimum atomic E-state index is -4.58. The van der Waals surface area contributed by atoms with Gasteiger partial charge in [-0.25, -0.2) is 38.7 Å². The average molecular weight is 706 g/mol. The van der Waals surface area contributed by atoms with Gasteiger partial charge >= 0.3 is 12.4 Å².